The molecule has 0 aliphatic heterocycles. The molecule has 0 saturated carbocycles. The van der Waals surface area contributed by atoms with Crippen LogP contribution in [0.25, 0.3) is 11.3 Å². The summed E-state index contributed by atoms with van der Waals surface area (Å²) in [7, 11) is 1.28. The first-order chi connectivity index (χ1) is 7.11. The number of halogens is 1. The van der Waals surface area contributed by atoms with Crippen LogP contribution in [0.3, 0.4) is 0 Å². The van der Waals surface area contributed by atoms with Gasteiger partial charge in [0.05, 0.1) is 5.56 Å². The first kappa shape index (κ1) is 9.45. The quantitative estimate of drug-likeness (QED) is 0.641. The van der Waals surface area contributed by atoms with E-state index in [1.807, 2.05) is 0 Å². The van der Waals surface area contributed by atoms with E-state index in [9.17, 15) is 14.4 Å². The maximum atomic E-state index is 13.3. The predicted octanol–water partition coefficient (Wildman–Crippen LogP) is 0.418. The lowest BCUT2D eigenvalue weighted by Crippen LogP contribution is -2.28. The van der Waals surface area contributed by atoms with Crippen LogP contribution in [0, 0.1) is 11.0 Å². The van der Waals surface area contributed by atoms with Gasteiger partial charge in [-0.1, -0.05) is 12.1 Å². The van der Waals surface area contributed by atoms with E-state index in [0.717, 1.165) is 4.74 Å². The molecule has 2 rings (SSSR count). The lowest BCUT2D eigenvalue weighted by molar-refractivity contribution is -0.798. The van der Waals surface area contributed by atoms with Crippen LogP contribution in [-0.2, 0) is 7.05 Å². The van der Waals surface area contributed by atoms with Crippen LogP contribution in [0.4, 0.5) is 4.39 Å². The van der Waals surface area contributed by atoms with E-state index in [0.29, 0.717) is 0 Å². The molecule has 0 bridgehead atoms. The summed E-state index contributed by atoms with van der Waals surface area (Å²) in [6.07, 6.45) is 0. The van der Waals surface area contributed by atoms with Crippen molar-refractivity contribution in [1.29, 1.82) is 0 Å². The van der Waals surface area contributed by atoms with E-state index >= 15 is 0 Å². The van der Waals surface area contributed by atoms with Crippen molar-refractivity contribution in [1.82, 2.24) is 4.74 Å². The third-order valence-electron chi connectivity index (χ3n) is 2.00. The highest BCUT2D eigenvalue weighted by Gasteiger charge is 2.21. The lowest BCUT2D eigenvalue weighted by atomic mass is 10.1. The monoisotopic (exact) mass is 210 g/mol. The van der Waals surface area contributed by atoms with Crippen LogP contribution in [-0.4, -0.2) is 4.74 Å². The van der Waals surface area contributed by atoms with Crippen molar-refractivity contribution in [3.8, 4) is 11.3 Å². The van der Waals surface area contributed by atoms with Gasteiger partial charge in [0.1, 0.15) is 12.9 Å². The molecule has 0 N–H and O–H groups in total. The molecule has 0 aliphatic carbocycles. The fraction of sp³-hybridized carbons (Fsp3) is 0.111. The van der Waals surface area contributed by atoms with E-state index in [4.69, 9.17) is 0 Å². The molecule has 15 heavy (non-hydrogen) atoms. The molecule has 0 spiro atoms. The minimum Gasteiger partial charge on any atom is -0.359 e. The summed E-state index contributed by atoms with van der Waals surface area (Å²) >= 11 is 0. The van der Waals surface area contributed by atoms with Crippen LogP contribution < -0.4 is 10.5 Å². The Hall–Kier alpha value is -2.11. The first-order valence-electron chi connectivity index (χ1n) is 4.16. The number of rotatable bonds is 1. The van der Waals surface area contributed by atoms with Crippen LogP contribution in [0.2, 0.25) is 0 Å². The highest BCUT2D eigenvalue weighted by molar-refractivity contribution is 5.55. The van der Waals surface area contributed by atoms with Gasteiger partial charge in [0.2, 0.25) is 0 Å². The summed E-state index contributed by atoms with van der Waals surface area (Å²) in [6, 6.07) is 5.52. The van der Waals surface area contributed by atoms with Crippen molar-refractivity contribution in [3.05, 3.63) is 45.6 Å². The molecule has 1 heterocycles. The standard InChI is InChI=1S/C9H7FN2O3/c1-11-9(13)8(12(14)15-11)6-4-2-3-5-7(6)10/h2-5H,1H3. The van der Waals surface area contributed by atoms with Crippen molar-refractivity contribution in [2.24, 2.45) is 7.05 Å². The van der Waals surface area contributed by atoms with Crippen molar-refractivity contribution in [3.63, 3.8) is 0 Å². The molecule has 0 aliphatic rings. The van der Waals surface area contributed by atoms with Gasteiger partial charge in [-0.3, -0.25) is 4.63 Å². The van der Waals surface area contributed by atoms with Gasteiger partial charge < -0.3 is 5.21 Å². The molecule has 1 aromatic carbocycles. The number of hydrogen-bond acceptors (Lipinski definition) is 3. The Kier molecular flexibility index (Phi) is 2.03. The summed E-state index contributed by atoms with van der Waals surface area (Å²) in [4.78, 5) is 11.4. The van der Waals surface area contributed by atoms with Crippen molar-refractivity contribution in [2.75, 3.05) is 0 Å². The van der Waals surface area contributed by atoms with Crippen LogP contribution in [0.1, 0.15) is 0 Å². The topological polar surface area (TPSA) is 62.1 Å². The molecule has 0 unspecified atom stereocenters. The second kappa shape index (κ2) is 3.23. The second-order valence-electron chi connectivity index (χ2n) is 2.97. The van der Waals surface area contributed by atoms with Crippen LogP contribution in [0.15, 0.2) is 33.7 Å². The summed E-state index contributed by atoms with van der Waals surface area (Å²) in [5.41, 5.74) is -1.09. The zero-order valence-electron chi connectivity index (χ0n) is 7.81. The Morgan fingerprint density at radius 1 is 1.47 bits per heavy atom. The van der Waals surface area contributed by atoms with E-state index in [2.05, 4.69) is 4.63 Å². The number of hydrogen-bond donors (Lipinski definition) is 0. The first-order valence-corrected chi connectivity index (χ1v) is 4.16. The van der Waals surface area contributed by atoms with Crippen molar-refractivity contribution < 1.29 is 13.9 Å². The molecule has 0 radical (unpaired) electrons. The number of aryl methyl sites for hydroxylation is 1. The molecule has 6 heteroatoms. The highest BCUT2D eigenvalue weighted by atomic mass is 19.1. The van der Waals surface area contributed by atoms with Crippen LogP contribution >= 0.6 is 0 Å². The Bertz CT molecular complexity index is 559. The molecule has 0 fully saturated rings. The average Bonchev–Trinajstić information content (AvgIpc) is 2.43. The van der Waals surface area contributed by atoms with E-state index in [-0.39, 0.29) is 16.2 Å². The molecule has 0 saturated heterocycles. The second-order valence-corrected chi connectivity index (χ2v) is 2.97. The van der Waals surface area contributed by atoms with Crippen LogP contribution in [0.5, 0.6) is 0 Å². The average molecular weight is 210 g/mol. The maximum absolute atomic E-state index is 13.3. The summed E-state index contributed by atoms with van der Waals surface area (Å²) in [5, 5.41) is 11.2. The zero-order valence-corrected chi connectivity index (χ0v) is 7.81. The molecular weight excluding hydrogens is 203 g/mol. The van der Waals surface area contributed by atoms with Gasteiger partial charge in [-0.25, -0.2) is 9.18 Å². The summed E-state index contributed by atoms with van der Waals surface area (Å²) in [6.45, 7) is 0. The molecule has 78 valence electrons. The largest absolute Gasteiger partial charge is 0.401 e. The van der Waals surface area contributed by atoms with Gasteiger partial charge in [0.15, 0.2) is 0 Å². The minimum atomic E-state index is -0.671. The Morgan fingerprint density at radius 2 is 2.13 bits per heavy atom. The maximum Gasteiger partial charge on any atom is 0.401 e. The van der Waals surface area contributed by atoms with Gasteiger partial charge in [0.25, 0.3) is 5.69 Å². The fourth-order valence-electron chi connectivity index (χ4n) is 1.28. The van der Waals surface area contributed by atoms with Crippen molar-refractivity contribution >= 4 is 0 Å². The molecular formula is C9H7FN2O3. The predicted molar refractivity (Wildman–Crippen MR) is 48.3 cm³/mol. The van der Waals surface area contributed by atoms with Gasteiger partial charge in [-0.15, -0.1) is 4.74 Å². The molecule has 2 aromatic rings. The van der Waals surface area contributed by atoms with E-state index in [1.54, 1.807) is 0 Å². The van der Waals surface area contributed by atoms with Gasteiger partial charge >= 0.3 is 5.56 Å². The number of benzene rings is 1. The Balaban J connectivity index is 2.75. The number of aromatic nitrogens is 2. The fourth-order valence-corrected chi connectivity index (χ4v) is 1.28. The Morgan fingerprint density at radius 3 is 2.67 bits per heavy atom. The Labute approximate surface area is 83.5 Å². The number of nitrogens with zero attached hydrogens (tertiary/aromatic N) is 2. The minimum absolute atomic E-state index is 0.000741. The molecule has 0 amide bonds. The third kappa shape index (κ3) is 1.39. The smallest absolute Gasteiger partial charge is 0.359 e. The van der Waals surface area contributed by atoms with Crippen molar-refractivity contribution in [2.45, 2.75) is 0 Å². The van der Waals surface area contributed by atoms with E-state index < -0.39 is 11.4 Å². The van der Waals surface area contributed by atoms with Gasteiger partial charge in [-0.2, -0.15) is 0 Å². The summed E-state index contributed by atoms with van der Waals surface area (Å²) < 4.78 is 18.5. The zero-order chi connectivity index (χ0) is 11.0. The third-order valence-corrected chi connectivity index (χ3v) is 2.00. The lowest BCUT2D eigenvalue weighted by Gasteiger charge is -1.96. The SMILES string of the molecule is Cn1o[n+]([O-])c(-c2ccccc2F)c1=O. The highest BCUT2D eigenvalue weighted by Crippen LogP contribution is 2.15. The van der Waals surface area contributed by atoms with Gasteiger partial charge in [-0.05, 0) is 17.0 Å². The van der Waals surface area contributed by atoms with Gasteiger partial charge in [0, 0.05) is 0 Å². The normalized spacial score (nSPS) is 10.5. The van der Waals surface area contributed by atoms with E-state index in [1.165, 1.54) is 31.3 Å². The molecule has 0 atom stereocenters. The summed E-state index contributed by atoms with van der Waals surface area (Å²) in [5.74, 6) is -0.638. The molecule has 1 aromatic heterocycles. The molecule has 5 nitrogen and oxygen atoms in total.